The van der Waals surface area contributed by atoms with E-state index in [1.807, 2.05) is 56.3 Å². The highest BCUT2D eigenvalue weighted by molar-refractivity contribution is 7.92. The summed E-state index contributed by atoms with van der Waals surface area (Å²) < 4.78 is 70.6. The van der Waals surface area contributed by atoms with Crippen LogP contribution in [0.15, 0.2) is 108 Å². The van der Waals surface area contributed by atoms with Crippen LogP contribution in [0.3, 0.4) is 0 Å². The Hall–Kier alpha value is -4.35. The standard InChI is InChI=1S/C36H37ClF3N3O4S/c1-3-4-21-41-35(45)33(22-27-14-7-5-8-15-27)42(24-28-16-12-11-13-26(28)2)34(44)25-43(48(46,47)30-17-9-6-10-18-30)29-19-20-32(37)31(23-29)36(38,39)40/h5-20,23,33H,3-4,21-22,24-25H2,1-2H3,(H,41,45)/t33-/m0/s1. The molecule has 0 fully saturated rings. The van der Waals surface area contributed by atoms with Crippen LogP contribution >= 0.6 is 11.6 Å². The Morgan fingerprint density at radius 2 is 1.52 bits per heavy atom. The molecule has 7 nitrogen and oxygen atoms in total. The van der Waals surface area contributed by atoms with Crippen LogP contribution in [0.5, 0.6) is 0 Å². The van der Waals surface area contributed by atoms with E-state index in [4.69, 9.17) is 11.6 Å². The van der Waals surface area contributed by atoms with Gasteiger partial charge < -0.3 is 10.2 Å². The van der Waals surface area contributed by atoms with Crippen LogP contribution < -0.4 is 9.62 Å². The summed E-state index contributed by atoms with van der Waals surface area (Å²) in [5.74, 6) is -1.22. The van der Waals surface area contributed by atoms with E-state index in [1.54, 1.807) is 18.2 Å². The first-order chi connectivity index (χ1) is 22.8. The van der Waals surface area contributed by atoms with Gasteiger partial charge in [0.2, 0.25) is 11.8 Å². The monoisotopic (exact) mass is 699 g/mol. The van der Waals surface area contributed by atoms with Crippen molar-refractivity contribution in [1.29, 1.82) is 0 Å². The molecule has 1 N–H and O–H groups in total. The normalized spacial score (nSPS) is 12.3. The number of hydrogen-bond acceptors (Lipinski definition) is 4. The van der Waals surface area contributed by atoms with Crippen molar-refractivity contribution in [3.63, 3.8) is 0 Å². The molecule has 0 heterocycles. The van der Waals surface area contributed by atoms with Gasteiger partial charge in [0, 0.05) is 19.5 Å². The van der Waals surface area contributed by atoms with Gasteiger partial charge in [0.1, 0.15) is 12.6 Å². The van der Waals surface area contributed by atoms with Gasteiger partial charge in [0.25, 0.3) is 10.0 Å². The molecule has 0 radical (unpaired) electrons. The second kappa shape index (κ2) is 16.2. The number of sulfonamides is 1. The Bertz CT molecular complexity index is 1810. The van der Waals surface area contributed by atoms with Gasteiger partial charge >= 0.3 is 6.18 Å². The zero-order valence-corrected chi connectivity index (χ0v) is 28.2. The smallest absolute Gasteiger partial charge is 0.354 e. The number of aryl methyl sites for hydroxylation is 1. The molecule has 1 atom stereocenters. The van der Waals surface area contributed by atoms with Crippen LogP contribution in [0.2, 0.25) is 5.02 Å². The molecule has 4 rings (SSSR count). The van der Waals surface area contributed by atoms with E-state index in [0.717, 1.165) is 29.7 Å². The van der Waals surface area contributed by atoms with Crippen LogP contribution in [0.25, 0.3) is 0 Å². The lowest BCUT2D eigenvalue weighted by Crippen LogP contribution is -2.53. The fraction of sp³-hybridized carbons (Fsp3) is 0.278. The molecule has 4 aromatic carbocycles. The molecule has 0 aromatic heterocycles. The van der Waals surface area contributed by atoms with E-state index in [2.05, 4.69) is 5.32 Å². The molecule has 12 heteroatoms. The third-order valence-electron chi connectivity index (χ3n) is 7.86. The number of nitrogens with one attached hydrogen (secondary N) is 1. The van der Waals surface area contributed by atoms with Crippen molar-refractivity contribution < 1.29 is 31.2 Å². The molecule has 0 aliphatic heterocycles. The Kier molecular flexibility index (Phi) is 12.3. The highest BCUT2D eigenvalue weighted by Gasteiger charge is 2.37. The number of carbonyl (C=O) groups is 2. The summed E-state index contributed by atoms with van der Waals surface area (Å²) in [6.07, 6.45) is -3.26. The van der Waals surface area contributed by atoms with Crippen molar-refractivity contribution in [1.82, 2.24) is 10.2 Å². The molecule has 0 spiro atoms. The molecule has 0 bridgehead atoms. The number of rotatable bonds is 14. The summed E-state index contributed by atoms with van der Waals surface area (Å²) in [7, 11) is -4.59. The van der Waals surface area contributed by atoms with Crippen molar-refractivity contribution in [3.8, 4) is 0 Å². The molecular weight excluding hydrogens is 663 g/mol. The highest BCUT2D eigenvalue weighted by atomic mass is 35.5. The van der Waals surface area contributed by atoms with Gasteiger partial charge in [-0.05, 0) is 60.4 Å². The largest absolute Gasteiger partial charge is 0.417 e. The van der Waals surface area contributed by atoms with Gasteiger partial charge in [-0.1, -0.05) is 97.7 Å². The van der Waals surface area contributed by atoms with Gasteiger partial charge in [0.15, 0.2) is 0 Å². The number of anilines is 1. The second-order valence-corrected chi connectivity index (χ2v) is 13.6. The lowest BCUT2D eigenvalue weighted by atomic mass is 10.0. The summed E-state index contributed by atoms with van der Waals surface area (Å²) >= 11 is 5.88. The Labute approximate surface area is 284 Å². The van der Waals surface area contributed by atoms with E-state index in [9.17, 15) is 31.2 Å². The SMILES string of the molecule is CCCCNC(=O)[C@H](Cc1ccccc1)N(Cc1ccccc1C)C(=O)CN(c1ccc(Cl)c(C(F)(F)F)c1)S(=O)(=O)c1ccccc1. The minimum Gasteiger partial charge on any atom is -0.354 e. The van der Waals surface area contributed by atoms with Gasteiger partial charge in [-0.15, -0.1) is 0 Å². The van der Waals surface area contributed by atoms with Gasteiger partial charge in [-0.3, -0.25) is 13.9 Å². The van der Waals surface area contributed by atoms with Crippen LogP contribution in [-0.2, 0) is 38.8 Å². The zero-order valence-electron chi connectivity index (χ0n) is 26.6. The van der Waals surface area contributed by atoms with Crippen LogP contribution in [0.1, 0.15) is 42.0 Å². The maximum atomic E-state index is 14.5. The maximum Gasteiger partial charge on any atom is 0.417 e. The van der Waals surface area contributed by atoms with E-state index in [0.29, 0.717) is 28.9 Å². The van der Waals surface area contributed by atoms with Crippen LogP contribution in [-0.4, -0.2) is 44.3 Å². The highest BCUT2D eigenvalue weighted by Crippen LogP contribution is 2.38. The van der Waals surface area contributed by atoms with Crippen LogP contribution in [0.4, 0.5) is 18.9 Å². The predicted molar refractivity (Wildman–Crippen MR) is 181 cm³/mol. The third kappa shape index (κ3) is 9.17. The average molecular weight is 700 g/mol. The van der Waals surface area contributed by atoms with Gasteiger partial charge in [0.05, 0.1) is 21.2 Å². The van der Waals surface area contributed by atoms with Crippen molar-refractivity contribution in [2.45, 2.75) is 56.8 Å². The Balaban J connectivity index is 1.85. The van der Waals surface area contributed by atoms with Crippen molar-refractivity contribution in [3.05, 3.63) is 130 Å². The molecule has 4 aromatic rings. The molecule has 2 amide bonds. The minimum atomic E-state index is -4.90. The minimum absolute atomic E-state index is 0.0577. The van der Waals surface area contributed by atoms with E-state index < -0.39 is 56.9 Å². The average Bonchev–Trinajstić information content (AvgIpc) is 3.06. The summed E-state index contributed by atoms with van der Waals surface area (Å²) in [5.41, 5.74) is 0.648. The summed E-state index contributed by atoms with van der Waals surface area (Å²) in [6, 6.07) is 25.1. The van der Waals surface area contributed by atoms with Crippen molar-refractivity contribution in [2.24, 2.45) is 0 Å². The molecule has 0 saturated carbocycles. The number of hydrogen-bond donors (Lipinski definition) is 1. The first-order valence-electron chi connectivity index (χ1n) is 15.4. The molecule has 0 aliphatic rings. The molecule has 0 aliphatic carbocycles. The van der Waals surface area contributed by atoms with Crippen LogP contribution in [0, 0.1) is 6.92 Å². The first-order valence-corrected chi connectivity index (χ1v) is 17.2. The number of nitrogens with zero attached hydrogens (tertiary/aromatic N) is 2. The fourth-order valence-corrected chi connectivity index (χ4v) is 6.82. The quantitative estimate of drug-likeness (QED) is 0.139. The molecule has 0 unspecified atom stereocenters. The number of halogens is 4. The lowest BCUT2D eigenvalue weighted by molar-refractivity contribution is -0.140. The number of unbranched alkanes of at least 4 members (excludes halogenated alkanes) is 1. The summed E-state index contributed by atoms with van der Waals surface area (Å²) in [6.45, 7) is 3.24. The fourth-order valence-electron chi connectivity index (χ4n) is 5.17. The number of benzene rings is 4. The molecule has 0 saturated heterocycles. The van der Waals surface area contributed by atoms with Gasteiger partial charge in [-0.25, -0.2) is 8.42 Å². The first kappa shape index (κ1) is 36.5. The number of carbonyl (C=O) groups excluding carboxylic acids is 2. The summed E-state index contributed by atoms with van der Waals surface area (Å²) in [5, 5.41) is 2.28. The Morgan fingerprint density at radius 1 is 0.896 bits per heavy atom. The predicted octanol–water partition coefficient (Wildman–Crippen LogP) is 7.42. The molecule has 254 valence electrons. The topological polar surface area (TPSA) is 86.8 Å². The Morgan fingerprint density at radius 3 is 2.15 bits per heavy atom. The molecular formula is C36H37ClF3N3O4S. The lowest BCUT2D eigenvalue weighted by Gasteiger charge is -2.34. The van der Waals surface area contributed by atoms with E-state index in [1.165, 1.54) is 29.2 Å². The van der Waals surface area contributed by atoms with E-state index >= 15 is 0 Å². The van der Waals surface area contributed by atoms with Gasteiger partial charge in [-0.2, -0.15) is 13.2 Å². The number of alkyl halides is 3. The maximum absolute atomic E-state index is 14.5. The van der Waals surface area contributed by atoms with E-state index in [-0.39, 0.29) is 17.9 Å². The van der Waals surface area contributed by atoms with Crippen molar-refractivity contribution in [2.75, 3.05) is 17.4 Å². The third-order valence-corrected chi connectivity index (χ3v) is 9.97. The second-order valence-electron chi connectivity index (χ2n) is 11.3. The summed E-state index contributed by atoms with van der Waals surface area (Å²) in [4.78, 5) is 29.4. The molecule has 48 heavy (non-hydrogen) atoms. The zero-order chi connectivity index (χ0) is 34.9. The number of amides is 2. The van der Waals surface area contributed by atoms with Crippen molar-refractivity contribution >= 4 is 39.1 Å².